The molecular weight excluding hydrogens is 286 g/mol. The summed E-state index contributed by atoms with van der Waals surface area (Å²) in [5.74, 6) is 1.73. The average Bonchev–Trinajstić information content (AvgIpc) is 2.60. The Morgan fingerprint density at radius 3 is 2.70 bits per heavy atom. The second-order valence-corrected chi connectivity index (χ2v) is 5.73. The van der Waals surface area contributed by atoms with Gasteiger partial charge in [0.2, 0.25) is 0 Å². The van der Waals surface area contributed by atoms with Gasteiger partial charge in [-0.1, -0.05) is 25.7 Å². The standard InChI is InChI=1S/C20H31NO2/c1-7-16(3)21(19(8-2)13-12-17(4)22-5)15-18-10-9-11-20(14-18)23-6/h8,10,12-14,16H,4,7,9,11,15H2,1-3,5-6H3/b13-12-,19-8+. The molecule has 0 fully saturated rings. The summed E-state index contributed by atoms with van der Waals surface area (Å²) in [6.45, 7) is 11.3. The minimum atomic E-state index is 0.448. The third-order valence-corrected chi connectivity index (χ3v) is 4.21. The molecule has 0 aromatic heterocycles. The van der Waals surface area contributed by atoms with Crippen molar-refractivity contribution < 1.29 is 9.47 Å². The summed E-state index contributed by atoms with van der Waals surface area (Å²) >= 11 is 0. The van der Waals surface area contributed by atoms with Crippen molar-refractivity contribution in [3.05, 3.63) is 59.7 Å². The van der Waals surface area contributed by atoms with E-state index in [0.717, 1.165) is 31.6 Å². The Morgan fingerprint density at radius 2 is 2.13 bits per heavy atom. The quantitative estimate of drug-likeness (QED) is 0.443. The van der Waals surface area contributed by atoms with E-state index in [4.69, 9.17) is 9.47 Å². The van der Waals surface area contributed by atoms with Crippen LogP contribution in [-0.4, -0.2) is 31.7 Å². The van der Waals surface area contributed by atoms with Gasteiger partial charge in [-0.05, 0) is 50.5 Å². The molecule has 1 unspecified atom stereocenters. The Bertz CT molecular complexity index is 512. The summed E-state index contributed by atoms with van der Waals surface area (Å²) in [7, 11) is 3.38. The van der Waals surface area contributed by atoms with Gasteiger partial charge in [-0.15, -0.1) is 0 Å². The highest BCUT2D eigenvalue weighted by Crippen LogP contribution is 2.22. The van der Waals surface area contributed by atoms with Gasteiger partial charge in [-0.25, -0.2) is 0 Å². The minimum Gasteiger partial charge on any atom is -0.501 e. The van der Waals surface area contributed by atoms with Gasteiger partial charge in [0.15, 0.2) is 0 Å². The van der Waals surface area contributed by atoms with E-state index in [2.05, 4.69) is 56.6 Å². The molecule has 0 saturated heterocycles. The lowest BCUT2D eigenvalue weighted by Gasteiger charge is -2.33. The fourth-order valence-electron chi connectivity index (χ4n) is 2.53. The number of allylic oxidation sites excluding steroid dienone is 5. The molecule has 1 atom stereocenters. The fourth-order valence-corrected chi connectivity index (χ4v) is 2.53. The van der Waals surface area contributed by atoms with Crippen molar-refractivity contribution in [2.24, 2.45) is 0 Å². The smallest absolute Gasteiger partial charge is 0.111 e. The molecule has 23 heavy (non-hydrogen) atoms. The fraction of sp³-hybridized carbons (Fsp3) is 0.500. The van der Waals surface area contributed by atoms with Gasteiger partial charge in [-0.2, -0.15) is 0 Å². The molecule has 0 bridgehead atoms. The molecule has 0 amide bonds. The number of nitrogens with zero attached hydrogens (tertiary/aromatic N) is 1. The first-order valence-corrected chi connectivity index (χ1v) is 8.33. The molecule has 1 rings (SSSR count). The average molecular weight is 317 g/mol. The first-order chi connectivity index (χ1) is 11.0. The van der Waals surface area contributed by atoms with Gasteiger partial charge in [0.25, 0.3) is 0 Å². The van der Waals surface area contributed by atoms with Crippen molar-refractivity contribution in [2.75, 3.05) is 20.8 Å². The number of hydrogen-bond donors (Lipinski definition) is 0. The van der Waals surface area contributed by atoms with E-state index in [1.165, 1.54) is 11.3 Å². The van der Waals surface area contributed by atoms with Crippen molar-refractivity contribution in [1.82, 2.24) is 4.90 Å². The Balaban J connectivity index is 2.95. The molecule has 0 aliphatic heterocycles. The van der Waals surface area contributed by atoms with Crippen molar-refractivity contribution in [1.29, 1.82) is 0 Å². The highest BCUT2D eigenvalue weighted by atomic mass is 16.5. The maximum atomic E-state index is 5.42. The van der Waals surface area contributed by atoms with E-state index in [1.807, 2.05) is 6.08 Å². The molecule has 0 spiro atoms. The van der Waals surface area contributed by atoms with Gasteiger partial charge in [-0.3, -0.25) is 0 Å². The van der Waals surface area contributed by atoms with Crippen molar-refractivity contribution in [2.45, 2.75) is 46.1 Å². The SMILES string of the molecule is C=C(/C=C\C(=C/C)N(CC1=CCCC(OC)=C1)C(C)CC)OC. The molecule has 1 aliphatic carbocycles. The summed E-state index contributed by atoms with van der Waals surface area (Å²) in [5.41, 5.74) is 2.49. The number of rotatable bonds is 9. The van der Waals surface area contributed by atoms with Crippen LogP contribution in [0.1, 0.15) is 40.0 Å². The third kappa shape index (κ3) is 6.01. The van der Waals surface area contributed by atoms with Crippen molar-refractivity contribution in [3.63, 3.8) is 0 Å². The van der Waals surface area contributed by atoms with Crippen LogP contribution >= 0.6 is 0 Å². The minimum absolute atomic E-state index is 0.448. The molecule has 3 nitrogen and oxygen atoms in total. The molecule has 0 saturated carbocycles. The van der Waals surface area contributed by atoms with E-state index < -0.39 is 0 Å². The first-order valence-electron chi connectivity index (χ1n) is 8.33. The van der Waals surface area contributed by atoms with E-state index in [0.29, 0.717) is 11.8 Å². The second kappa shape index (κ2) is 9.98. The van der Waals surface area contributed by atoms with Crippen LogP contribution in [0.15, 0.2) is 59.7 Å². The Morgan fingerprint density at radius 1 is 1.39 bits per heavy atom. The van der Waals surface area contributed by atoms with E-state index in [1.54, 1.807) is 14.2 Å². The molecule has 0 aromatic rings. The maximum absolute atomic E-state index is 5.42. The summed E-state index contributed by atoms with van der Waals surface area (Å²) < 4.78 is 10.5. The molecule has 3 heteroatoms. The van der Waals surface area contributed by atoms with Gasteiger partial charge in [0.1, 0.15) is 5.76 Å². The van der Waals surface area contributed by atoms with Crippen LogP contribution in [0.4, 0.5) is 0 Å². The zero-order valence-electron chi connectivity index (χ0n) is 15.3. The Hall–Kier alpha value is -1.90. The Labute approximate surface area is 141 Å². The van der Waals surface area contributed by atoms with Crippen molar-refractivity contribution >= 4 is 0 Å². The van der Waals surface area contributed by atoms with Crippen LogP contribution in [0.2, 0.25) is 0 Å². The maximum Gasteiger partial charge on any atom is 0.111 e. The van der Waals surface area contributed by atoms with E-state index >= 15 is 0 Å². The van der Waals surface area contributed by atoms with Gasteiger partial charge in [0, 0.05) is 24.7 Å². The van der Waals surface area contributed by atoms with Gasteiger partial charge >= 0.3 is 0 Å². The summed E-state index contributed by atoms with van der Waals surface area (Å²) in [6.07, 6.45) is 13.7. The highest BCUT2D eigenvalue weighted by molar-refractivity contribution is 5.30. The monoisotopic (exact) mass is 317 g/mol. The highest BCUT2D eigenvalue weighted by Gasteiger charge is 2.16. The van der Waals surface area contributed by atoms with Crippen LogP contribution in [0.25, 0.3) is 0 Å². The van der Waals surface area contributed by atoms with Crippen LogP contribution in [0.5, 0.6) is 0 Å². The molecule has 128 valence electrons. The van der Waals surface area contributed by atoms with Crippen LogP contribution in [0, 0.1) is 0 Å². The normalized spacial score (nSPS) is 16.7. The molecule has 0 heterocycles. The van der Waals surface area contributed by atoms with Gasteiger partial charge in [0.05, 0.1) is 20.0 Å². The molecule has 0 radical (unpaired) electrons. The summed E-state index contributed by atoms with van der Waals surface area (Å²) in [5, 5.41) is 0. The summed E-state index contributed by atoms with van der Waals surface area (Å²) in [6, 6.07) is 0.448. The van der Waals surface area contributed by atoms with Crippen molar-refractivity contribution in [3.8, 4) is 0 Å². The lowest BCUT2D eigenvalue weighted by molar-refractivity contribution is 0.270. The molecule has 1 aliphatic rings. The lowest BCUT2D eigenvalue weighted by Crippen LogP contribution is -2.33. The summed E-state index contributed by atoms with van der Waals surface area (Å²) in [4.78, 5) is 2.42. The second-order valence-electron chi connectivity index (χ2n) is 5.73. The van der Waals surface area contributed by atoms with E-state index in [9.17, 15) is 0 Å². The van der Waals surface area contributed by atoms with Crippen LogP contribution in [-0.2, 0) is 9.47 Å². The Kier molecular flexibility index (Phi) is 8.31. The zero-order valence-corrected chi connectivity index (χ0v) is 15.3. The third-order valence-electron chi connectivity index (χ3n) is 4.21. The topological polar surface area (TPSA) is 21.7 Å². The van der Waals surface area contributed by atoms with E-state index in [-0.39, 0.29) is 0 Å². The lowest BCUT2D eigenvalue weighted by atomic mass is 10.0. The van der Waals surface area contributed by atoms with Gasteiger partial charge < -0.3 is 14.4 Å². The number of ether oxygens (including phenoxy) is 2. The predicted octanol–water partition coefficient (Wildman–Crippen LogP) is 4.96. The molecule has 0 aromatic carbocycles. The largest absolute Gasteiger partial charge is 0.501 e. The van der Waals surface area contributed by atoms with Crippen LogP contribution < -0.4 is 0 Å². The molecule has 0 N–H and O–H groups in total. The number of hydrogen-bond acceptors (Lipinski definition) is 3. The first kappa shape index (κ1) is 19.1. The van der Waals surface area contributed by atoms with Crippen LogP contribution in [0.3, 0.4) is 0 Å². The molecular formula is C20H31NO2. The predicted molar refractivity (Wildman–Crippen MR) is 97.9 cm³/mol. The zero-order chi connectivity index (χ0) is 17.2. The number of methoxy groups -OCH3 is 2.